The number of carbonyl (C=O) groups excluding carboxylic acids is 4. The van der Waals surface area contributed by atoms with Gasteiger partial charge in [0.1, 0.15) is 15.8 Å². The first kappa shape index (κ1) is 23.9. The number of rotatable bonds is 4. The molecule has 8 heteroatoms. The maximum atomic E-state index is 14.0. The highest BCUT2D eigenvalue weighted by Crippen LogP contribution is 2.69. The van der Waals surface area contributed by atoms with Crippen LogP contribution in [0.1, 0.15) is 46.5 Å². The zero-order valence-corrected chi connectivity index (χ0v) is 21.5. The van der Waals surface area contributed by atoms with Gasteiger partial charge in [-0.2, -0.15) is 0 Å². The van der Waals surface area contributed by atoms with Gasteiger partial charge in [-0.05, 0) is 48.2 Å². The summed E-state index contributed by atoms with van der Waals surface area (Å²) in [7, 11) is 0. The Hall–Kier alpha value is -3.48. The van der Waals surface area contributed by atoms with Crippen LogP contribution in [-0.4, -0.2) is 34.4 Å². The van der Waals surface area contributed by atoms with Crippen LogP contribution in [0.2, 0.25) is 0 Å². The fourth-order valence-electron chi connectivity index (χ4n) is 6.25. The molecule has 186 valence electrons. The number of hydrogen-bond donors (Lipinski definition) is 1. The van der Waals surface area contributed by atoms with Gasteiger partial charge in [0.15, 0.2) is 5.78 Å². The Bertz CT molecular complexity index is 1410. The van der Waals surface area contributed by atoms with Crippen molar-refractivity contribution in [3.8, 4) is 0 Å². The fraction of sp³-hybridized carbons (Fsp3) is 0.241. The third-order valence-corrected chi connectivity index (χ3v) is 9.21. The number of nitrogens with zero attached hydrogens (tertiary/aromatic N) is 1. The van der Waals surface area contributed by atoms with Crippen LogP contribution in [0.15, 0.2) is 72.8 Å². The summed E-state index contributed by atoms with van der Waals surface area (Å²) in [6.07, 6.45) is 0. The zero-order valence-electron chi connectivity index (χ0n) is 20.0. The molecule has 2 bridgehead atoms. The van der Waals surface area contributed by atoms with Crippen LogP contribution < -0.4 is 5.32 Å². The maximum absolute atomic E-state index is 14.0. The molecule has 1 aliphatic heterocycles. The van der Waals surface area contributed by atoms with E-state index >= 15 is 0 Å². The molecule has 37 heavy (non-hydrogen) atoms. The van der Waals surface area contributed by atoms with Crippen molar-refractivity contribution >= 4 is 52.4 Å². The first-order chi connectivity index (χ1) is 17.6. The Kier molecular flexibility index (Phi) is 5.17. The van der Waals surface area contributed by atoms with E-state index in [1.807, 2.05) is 48.5 Å². The zero-order chi connectivity index (χ0) is 26.3. The van der Waals surface area contributed by atoms with E-state index in [-0.39, 0.29) is 5.78 Å². The normalized spacial score (nSPS) is 27.8. The average Bonchev–Trinajstić information content (AvgIpc) is 3.17. The van der Waals surface area contributed by atoms with Crippen LogP contribution in [0.5, 0.6) is 0 Å². The van der Waals surface area contributed by atoms with E-state index in [1.54, 1.807) is 24.3 Å². The van der Waals surface area contributed by atoms with E-state index in [2.05, 4.69) is 5.32 Å². The summed E-state index contributed by atoms with van der Waals surface area (Å²) in [6, 6.07) is 20.1. The summed E-state index contributed by atoms with van der Waals surface area (Å²) in [5, 5.41) is 2.72. The van der Waals surface area contributed by atoms with Gasteiger partial charge in [0.2, 0.25) is 17.7 Å². The quantitative estimate of drug-likeness (QED) is 0.297. The average molecular weight is 533 g/mol. The molecule has 0 spiro atoms. The number of halogens is 2. The molecule has 1 saturated heterocycles. The number of anilines is 1. The summed E-state index contributed by atoms with van der Waals surface area (Å²) in [5.74, 6) is -3.71. The van der Waals surface area contributed by atoms with Crippen molar-refractivity contribution in [3.63, 3.8) is 0 Å². The summed E-state index contributed by atoms with van der Waals surface area (Å²) < 4.78 is 0. The lowest BCUT2D eigenvalue weighted by atomic mass is 9.54. The molecule has 6 nitrogen and oxygen atoms in total. The number of amides is 3. The highest BCUT2D eigenvalue weighted by molar-refractivity contribution is 6.36. The number of hydrogen-bond acceptors (Lipinski definition) is 4. The van der Waals surface area contributed by atoms with Gasteiger partial charge in [-0.15, -0.1) is 23.2 Å². The Labute approximate surface area is 223 Å². The van der Waals surface area contributed by atoms with Crippen molar-refractivity contribution in [1.29, 1.82) is 0 Å². The molecule has 1 N–H and O–H groups in total. The van der Waals surface area contributed by atoms with Crippen LogP contribution in [-0.2, 0) is 24.1 Å². The lowest BCUT2D eigenvalue weighted by Gasteiger charge is -2.54. The number of carbonyl (C=O) groups is 4. The van der Waals surface area contributed by atoms with E-state index in [4.69, 9.17) is 23.2 Å². The minimum Gasteiger partial charge on any atom is -0.324 e. The van der Waals surface area contributed by atoms with E-state index in [1.165, 1.54) is 13.8 Å². The summed E-state index contributed by atoms with van der Waals surface area (Å²) in [5.41, 5.74) is 3.63. The topological polar surface area (TPSA) is 83.6 Å². The van der Waals surface area contributed by atoms with Gasteiger partial charge in [0.05, 0.1) is 11.8 Å². The van der Waals surface area contributed by atoms with Crippen molar-refractivity contribution in [3.05, 3.63) is 101 Å². The Morgan fingerprint density at radius 1 is 0.811 bits per heavy atom. The van der Waals surface area contributed by atoms with Gasteiger partial charge < -0.3 is 5.32 Å². The largest absolute Gasteiger partial charge is 0.324 e. The van der Waals surface area contributed by atoms with Gasteiger partial charge in [-0.25, -0.2) is 0 Å². The molecule has 0 saturated carbocycles. The fourth-order valence-corrected chi connectivity index (χ4v) is 7.35. The van der Waals surface area contributed by atoms with Gasteiger partial charge in [-0.3, -0.25) is 24.1 Å². The molecule has 7 rings (SSSR count). The van der Waals surface area contributed by atoms with Crippen LogP contribution in [0, 0.1) is 11.8 Å². The lowest BCUT2D eigenvalue weighted by molar-refractivity contribution is -0.146. The summed E-state index contributed by atoms with van der Waals surface area (Å²) >= 11 is 14.8. The number of benzene rings is 3. The van der Waals surface area contributed by atoms with Gasteiger partial charge in [0, 0.05) is 11.3 Å². The number of nitrogens with one attached hydrogen (secondary N) is 1. The third kappa shape index (κ3) is 3.00. The first-order valence-electron chi connectivity index (χ1n) is 12.0. The Morgan fingerprint density at radius 3 is 1.70 bits per heavy atom. The predicted molar refractivity (Wildman–Crippen MR) is 140 cm³/mol. The van der Waals surface area contributed by atoms with Crippen molar-refractivity contribution in [2.45, 2.75) is 29.6 Å². The van der Waals surface area contributed by atoms with Gasteiger partial charge in [-0.1, -0.05) is 60.7 Å². The highest BCUT2D eigenvalue weighted by Gasteiger charge is 2.73. The summed E-state index contributed by atoms with van der Waals surface area (Å²) in [4.78, 5) is 51.4. The van der Waals surface area contributed by atoms with Gasteiger partial charge >= 0.3 is 0 Å². The number of ketones is 1. The van der Waals surface area contributed by atoms with Crippen molar-refractivity contribution < 1.29 is 19.2 Å². The van der Waals surface area contributed by atoms with Crippen molar-refractivity contribution in [1.82, 2.24) is 4.90 Å². The molecule has 0 radical (unpaired) electrons. The molecule has 1 fully saturated rings. The second-order valence-corrected chi connectivity index (χ2v) is 11.0. The smallest absolute Gasteiger partial charge is 0.247 e. The molecule has 3 amide bonds. The van der Waals surface area contributed by atoms with Crippen LogP contribution >= 0.6 is 23.2 Å². The highest BCUT2D eigenvalue weighted by atomic mass is 35.5. The minimum atomic E-state index is -1.30. The van der Waals surface area contributed by atoms with Crippen LogP contribution in [0.3, 0.4) is 0 Å². The van der Waals surface area contributed by atoms with E-state index in [9.17, 15) is 19.2 Å². The SMILES string of the molecule is CC(=O)c1cccc(NC(=O)[C@@H](C)N2C(=O)[C@@H]3[C@H](C2=O)C2(Cl)c4ccccc4C3(Cl)c3ccccc32)c1. The molecular formula is C29H22Cl2N2O4. The number of alkyl halides is 2. The summed E-state index contributed by atoms with van der Waals surface area (Å²) in [6.45, 7) is 2.93. The number of imide groups is 1. The number of likely N-dealkylation sites (tertiary alicyclic amines) is 1. The maximum Gasteiger partial charge on any atom is 0.247 e. The molecular weight excluding hydrogens is 511 g/mol. The van der Waals surface area contributed by atoms with Crippen molar-refractivity contribution in [2.75, 3.05) is 5.32 Å². The third-order valence-electron chi connectivity index (χ3n) is 7.92. The van der Waals surface area contributed by atoms with E-state index in [0.717, 1.165) is 4.90 Å². The monoisotopic (exact) mass is 532 g/mol. The second-order valence-electron chi connectivity index (χ2n) is 9.82. The number of Topliss-reactive ketones (excluding diaryl/α,β-unsaturated/α-hetero) is 1. The predicted octanol–water partition coefficient (Wildman–Crippen LogP) is 4.81. The molecule has 4 aliphatic rings. The minimum absolute atomic E-state index is 0.146. The molecule has 0 unspecified atom stereocenters. The van der Waals surface area contributed by atoms with E-state index in [0.29, 0.717) is 33.5 Å². The molecule has 3 aromatic carbocycles. The lowest BCUT2D eigenvalue weighted by Crippen LogP contribution is -2.57. The van der Waals surface area contributed by atoms with E-state index < -0.39 is 45.3 Å². The van der Waals surface area contributed by atoms with Crippen LogP contribution in [0.4, 0.5) is 5.69 Å². The standard InChI is InChI=1S/C29H22Cl2N2O4/c1-15(25(35)32-18-9-7-8-17(14-18)16(2)34)33-26(36)23-24(27(33)37)29(31)20-11-4-3-10-19(20)28(23,30)21-12-5-6-13-22(21)29/h3-15,23-24H,1-2H3,(H,32,35)/t15-,23-,24+,28?,29?/m1/s1. The molecule has 0 aromatic heterocycles. The molecule has 3 atom stereocenters. The van der Waals surface area contributed by atoms with Crippen LogP contribution in [0.25, 0.3) is 0 Å². The molecule has 1 heterocycles. The molecule has 3 aliphatic carbocycles. The van der Waals surface area contributed by atoms with Gasteiger partial charge in [0.25, 0.3) is 0 Å². The second kappa shape index (κ2) is 8.01. The molecule has 3 aromatic rings. The first-order valence-corrected chi connectivity index (χ1v) is 12.7. The van der Waals surface area contributed by atoms with Crippen molar-refractivity contribution in [2.24, 2.45) is 11.8 Å². The Balaban J connectivity index is 1.42. The Morgan fingerprint density at radius 2 is 1.27 bits per heavy atom.